The first-order valence-corrected chi connectivity index (χ1v) is 7.70. The number of nitrogens with one attached hydrogen (secondary N) is 1. The van der Waals surface area contributed by atoms with Gasteiger partial charge in [-0.2, -0.15) is 4.98 Å². The summed E-state index contributed by atoms with van der Waals surface area (Å²) in [5, 5.41) is 12.0. The summed E-state index contributed by atoms with van der Waals surface area (Å²) in [4.78, 5) is 19.4. The molecule has 0 saturated heterocycles. The maximum atomic E-state index is 10.8. The first-order valence-electron chi connectivity index (χ1n) is 6.94. The fourth-order valence-corrected chi connectivity index (χ4v) is 3.03. The van der Waals surface area contributed by atoms with Crippen molar-refractivity contribution in [2.24, 2.45) is 5.73 Å². The second-order valence-electron chi connectivity index (χ2n) is 5.08. The zero-order chi connectivity index (χ0) is 17.4. The van der Waals surface area contributed by atoms with Crippen LogP contribution in [0.5, 0.6) is 0 Å². The number of halogens is 2. The third-order valence-corrected chi connectivity index (χ3v) is 4.09. The molecule has 124 valence electrons. The molecule has 3 rings (SSSR count). The van der Waals surface area contributed by atoms with Crippen molar-refractivity contribution in [3.63, 3.8) is 0 Å². The Bertz CT molecular complexity index is 955. The molecule has 1 amide bonds. The maximum Gasteiger partial charge on any atom is 0.410 e. The van der Waals surface area contributed by atoms with E-state index in [1.54, 1.807) is 22.6 Å². The first kappa shape index (κ1) is 16.5. The number of amides is 1. The number of aromatic nitrogens is 3. The van der Waals surface area contributed by atoms with Gasteiger partial charge in [-0.1, -0.05) is 23.2 Å². The van der Waals surface area contributed by atoms with Gasteiger partial charge in [0, 0.05) is 28.4 Å². The fraction of sp³-hybridized carbons (Fsp3) is 0.133. The maximum absolute atomic E-state index is 10.8. The van der Waals surface area contributed by atoms with Crippen LogP contribution in [0.15, 0.2) is 24.4 Å². The molecule has 4 N–H and O–H groups in total. The number of nitrogens with zero attached hydrogens (tertiary/aromatic N) is 3. The van der Waals surface area contributed by atoms with Crippen molar-refractivity contribution in [2.75, 3.05) is 5.32 Å². The number of fused-ring (bicyclic) bond motifs is 1. The second kappa shape index (κ2) is 6.27. The van der Waals surface area contributed by atoms with E-state index in [1.165, 1.54) is 6.20 Å². The van der Waals surface area contributed by atoms with E-state index in [9.17, 15) is 4.79 Å². The Hall–Kier alpha value is -2.35. The molecule has 0 aliphatic carbocycles. The van der Waals surface area contributed by atoms with Gasteiger partial charge in [-0.3, -0.25) is 9.72 Å². The molecule has 2 heterocycles. The van der Waals surface area contributed by atoms with Gasteiger partial charge in [0.1, 0.15) is 0 Å². The van der Waals surface area contributed by atoms with Gasteiger partial charge in [-0.15, -0.1) is 0 Å². The number of rotatable bonds is 3. The predicted molar refractivity (Wildman–Crippen MR) is 92.7 cm³/mol. The van der Waals surface area contributed by atoms with Crippen molar-refractivity contribution >= 4 is 40.9 Å². The lowest BCUT2D eigenvalue weighted by molar-refractivity contribution is 0.209. The molecule has 0 saturated carbocycles. The number of aryl methyl sites for hydroxylation is 1. The van der Waals surface area contributed by atoms with Gasteiger partial charge in [0.15, 0.2) is 5.82 Å². The number of hydrogen-bond acceptors (Lipinski definition) is 4. The molecular formula is C15H13Cl2N5O2. The van der Waals surface area contributed by atoms with Crippen LogP contribution in [-0.2, 0) is 6.54 Å². The Morgan fingerprint density at radius 1 is 1.38 bits per heavy atom. The van der Waals surface area contributed by atoms with Gasteiger partial charge in [0.2, 0.25) is 5.78 Å². The Morgan fingerprint density at radius 3 is 2.75 bits per heavy atom. The van der Waals surface area contributed by atoms with Crippen molar-refractivity contribution in [1.29, 1.82) is 0 Å². The molecule has 24 heavy (non-hydrogen) atoms. The van der Waals surface area contributed by atoms with E-state index >= 15 is 0 Å². The van der Waals surface area contributed by atoms with Crippen molar-refractivity contribution in [3.05, 3.63) is 45.7 Å². The summed E-state index contributed by atoms with van der Waals surface area (Å²) < 4.78 is 1.66. The van der Waals surface area contributed by atoms with Crippen LogP contribution in [0.1, 0.15) is 11.3 Å². The largest absolute Gasteiger partial charge is 0.465 e. The van der Waals surface area contributed by atoms with Gasteiger partial charge in [-0.25, -0.2) is 9.78 Å². The molecule has 0 unspecified atom stereocenters. The number of carbonyl (C=O) groups is 1. The third-order valence-electron chi connectivity index (χ3n) is 3.54. The molecule has 9 heteroatoms. The van der Waals surface area contributed by atoms with Gasteiger partial charge in [0.25, 0.3) is 0 Å². The summed E-state index contributed by atoms with van der Waals surface area (Å²) in [5.74, 6) is 0.504. The van der Waals surface area contributed by atoms with Crippen LogP contribution in [0.2, 0.25) is 10.0 Å². The molecule has 0 radical (unpaired) electrons. The van der Waals surface area contributed by atoms with E-state index < -0.39 is 6.09 Å². The highest BCUT2D eigenvalue weighted by Gasteiger charge is 2.18. The summed E-state index contributed by atoms with van der Waals surface area (Å²) in [5.41, 5.74) is 8.78. The fourth-order valence-electron chi connectivity index (χ4n) is 2.54. The normalized spacial score (nSPS) is 11.0. The van der Waals surface area contributed by atoms with Gasteiger partial charge in [-0.05, 0) is 25.1 Å². The molecule has 3 aromatic rings. The Morgan fingerprint density at radius 2 is 2.12 bits per heavy atom. The van der Waals surface area contributed by atoms with Crippen LogP contribution in [0.25, 0.3) is 17.0 Å². The molecule has 1 aromatic carbocycles. The van der Waals surface area contributed by atoms with E-state index in [4.69, 9.17) is 34.0 Å². The number of benzene rings is 1. The number of nitrogens with two attached hydrogens (primary N) is 1. The Labute approximate surface area is 147 Å². The van der Waals surface area contributed by atoms with Crippen molar-refractivity contribution in [1.82, 2.24) is 14.4 Å². The number of imidazole rings is 1. The van der Waals surface area contributed by atoms with Gasteiger partial charge < -0.3 is 10.8 Å². The summed E-state index contributed by atoms with van der Waals surface area (Å²) in [6, 6.07) is 5.13. The van der Waals surface area contributed by atoms with Crippen LogP contribution in [0, 0.1) is 6.92 Å². The molecule has 0 bridgehead atoms. The third kappa shape index (κ3) is 2.89. The predicted octanol–water partition coefficient (Wildman–Crippen LogP) is 3.56. The summed E-state index contributed by atoms with van der Waals surface area (Å²) in [6.45, 7) is 2.05. The van der Waals surface area contributed by atoms with E-state index in [-0.39, 0.29) is 12.4 Å². The lowest BCUT2D eigenvalue weighted by Gasteiger charge is -2.14. The number of carboxylic acid groups (broad SMARTS) is 1. The van der Waals surface area contributed by atoms with Crippen LogP contribution in [0.3, 0.4) is 0 Å². The van der Waals surface area contributed by atoms with Crippen LogP contribution >= 0.6 is 23.2 Å². The van der Waals surface area contributed by atoms with Crippen molar-refractivity contribution < 1.29 is 9.90 Å². The van der Waals surface area contributed by atoms with Crippen LogP contribution < -0.4 is 11.1 Å². The molecule has 0 aliphatic heterocycles. The molecule has 0 atom stereocenters. The summed E-state index contributed by atoms with van der Waals surface area (Å²) in [6.07, 6.45) is 0.329. The van der Waals surface area contributed by atoms with Crippen LogP contribution in [-0.4, -0.2) is 25.6 Å². The van der Waals surface area contributed by atoms with E-state index in [2.05, 4.69) is 15.3 Å². The molecule has 0 aliphatic rings. The molecule has 2 aromatic heterocycles. The topological polar surface area (TPSA) is 106 Å². The molecule has 0 fully saturated rings. The zero-order valence-corrected chi connectivity index (χ0v) is 14.1. The van der Waals surface area contributed by atoms with E-state index in [1.807, 2.05) is 6.92 Å². The van der Waals surface area contributed by atoms with Crippen molar-refractivity contribution in [2.45, 2.75) is 13.5 Å². The summed E-state index contributed by atoms with van der Waals surface area (Å²) in [7, 11) is 0. The second-order valence-corrected chi connectivity index (χ2v) is 5.92. The minimum absolute atomic E-state index is 0.162. The van der Waals surface area contributed by atoms with Crippen molar-refractivity contribution in [3.8, 4) is 11.3 Å². The molecule has 0 spiro atoms. The lowest BCUT2D eigenvalue weighted by atomic mass is 10.0. The van der Waals surface area contributed by atoms with E-state index in [0.717, 1.165) is 5.56 Å². The Balaban J connectivity index is 2.34. The van der Waals surface area contributed by atoms with E-state index in [0.29, 0.717) is 32.8 Å². The highest BCUT2D eigenvalue weighted by atomic mass is 35.5. The van der Waals surface area contributed by atoms with Crippen LogP contribution in [0.4, 0.5) is 10.6 Å². The monoisotopic (exact) mass is 365 g/mol. The average Bonchev–Trinajstić information content (AvgIpc) is 2.87. The smallest absolute Gasteiger partial charge is 0.410 e. The molecule has 7 nitrogen and oxygen atoms in total. The minimum atomic E-state index is -1.21. The lowest BCUT2D eigenvalue weighted by Crippen LogP contribution is -2.08. The Kier molecular flexibility index (Phi) is 4.31. The standard InChI is InChI=1S/C15H13Cl2N5O2/c1-7-10(5-18)13(9-3-2-8(16)4-11(9)17)22-6-12(21-15(23)24)20-14(22)19-7/h2-4,6,21H,5,18H2,1H3,(H,23,24). The average molecular weight is 366 g/mol. The number of hydrogen-bond donors (Lipinski definition) is 3. The SMILES string of the molecule is Cc1nc2nc(NC(=O)O)cn2c(-c2ccc(Cl)cc2Cl)c1CN. The number of anilines is 1. The summed E-state index contributed by atoms with van der Waals surface area (Å²) >= 11 is 12.3. The minimum Gasteiger partial charge on any atom is -0.465 e. The highest BCUT2D eigenvalue weighted by molar-refractivity contribution is 6.36. The zero-order valence-electron chi connectivity index (χ0n) is 12.5. The highest BCUT2D eigenvalue weighted by Crippen LogP contribution is 2.34. The quantitative estimate of drug-likeness (QED) is 0.657. The van der Waals surface area contributed by atoms with Gasteiger partial charge >= 0.3 is 6.09 Å². The van der Waals surface area contributed by atoms with Gasteiger partial charge in [0.05, 0.1) is 16.9 Å². The first-order chi connectivity index (χ1) is 11.4. The molecular weight excluding hydrogens is 353 g/mol.